The minimum Gasteiger partial charge on any atom is -0.491 e. The lowest BCUT2D eigenvalue weighted by Gasteiger charge is -2.22. The molecule has 0 aliphatic carbocycles. The van der Waals surface area contributed by atoms with Gasteiger partial charge in [0.25, 0.3) is 0 Å². The largest absolute Gasteiger partial charge is 0.491 e. The Morgan fingerprint density at radius 1 is 0.909 bits per heavy atom. The van der Waals surface area contributed by atoms with Gasteiger partial charge in [-0.15, -0.1) is 0 Å². The number of hydrogen-bond donors (Lipinski definition) is 2. The third kappa shape index (κ3) is 7.21. The van der Waals surface area contributed by atoms with E-state index in [4.69, 9.17) is 9.84 Å². The lowest BCUT2D eigenvalue weighted by Crippen LogP contribution is -2.11. The lowest BCUT2D eigenvalue weighted by atomic mass is 9.97. The number of aliphatic carboxylic acids is 1. The van der Waals surface area contributed by atoms with Gasteiger partial charge in [0.05, 0.1) is 18.3 Å². The number of nitrogens with zero attached hydrogens (tertiary/aromatic N) is 1. The van der Waals surface area contributed by atoms with Crippen molar-refractivity contribution in [2.75, 3.05) is 11.9 Å². The molecular formula is C36H32F2N2O4. The molecule has 1 amide bonds. The van der Waals surface area contributed by atoms with Crippen LogP contribution in [0.4, 0.5) is 14.5 Å². The molecule has 8 heteroatoms. The highest BCUT2D eigenvalue weighted by molar-refractivity contribution is 6.05. The summed E-state index contributed by atoms with van der Waals surface area (Å²) in [6, 6.07) is 27.3. The molecule has 0 fully saturated rings. The van der Waals surface area contributed by atoms with Crippen LogP contribution in [0.1, 0.15) is 48.9 Å². The first kappa shape index (κ1) is 30.2. The molecule has 224 valence electrons. The molecule has 2 N–H and O–H groups in total. The predicted octanol–water partition coefficient (Wildman–Crippen LogP) is 8.23. The van der Waals surface area contributed by atoms with Crippen LogP contribution in [0.25, 0.3) is 16.5 Å². The van der Waals surface area contributed by atoms with Crippen molar-refractivity contribution in [2.45, 2.75) is 32.2 Å². The summed E-state index contributed by atoms with van der Waals surface area (Å²) >= 11 is 0. The van der Waals surface area contributed by atoms with Gasteiger partial charge in [0.15, 0.2) is 0 Å². The van der Waals surface area contributed by atoms with Gasteiger partial charge in [-0.25, -0.2) is 8.78 Å². The molecule has 4 aromatic carbocycles. The number of carboxylic acid groups (broad SMARTS) is 1. The van der Waals surface area contributed by atoms with E-state index < -0.39 is 5.97 Å². The van der Waals surface area contributed by atoms with E-state index in [0.29, 0.717) is 24.3 Å². The number of ether oxygens (including phenoxy) is 1. The molecule has 44 heavy (non-hydrogen) atoms. The lowest BCUT2D eigenvalue weighted by molar-refractivity contribution is -0.137. The second kappa shape index (κ2) is 13.8. The maximum absolute atomic E-state index is 13.8. The summed E-state index contributed by atoms with van der Waals surface area (Å²) in [6.07, 6.45) is 4.50. The Morgan fingerprint density at radius 2 is 1.57 bits per heavy atom. The van der Waals surface area contributed by atoms with Crippen LogP contribution >= 0.6 is 0 Å². The molecule has 0 aliphatic heterocycles. The van der Waals surface area contributed by atoms with E-state index in [1.54, 1.807) is 54.6 Å². The summed E-state index contributed by atoms with van der Waals surface area (Å²) in [5.41, 5.74) is 4.88. The number of nitrogens with one attached hydrogen (secondary N) is 1. The molecule has 5 aromatic rings. The third-order valence-electron chi connectivity index (χ3n) is 7.36. The Kier molecular flexibility index (Phi) is 9.49. The topological polar surface area (TPSA) is 80.6 Å². The van der Waals surface area contributed by atoms with Crippen LogP contribution < -0.4 is 10.1 Å². The van der Waals surface area contributed by atoms with E-state index in [1.807, 2.05) is 37.4 Å². The first-order valence-corrected chi connectivity index (χ1v) is 14.4. The quantitative estimate of drug-likeness (QED) is 0.113. The van der Waals surface area contributed by atoms with Crippen LogP contribution in [0, 0.1) is 11.6 Å². The van der Waals surface area contributed by atoms with Gasteiger partial charge in [0.2, 0.25) is 5.91 Å². The van der Waals surface area contributed by atoms with Crippen LogP contribution in [0.5, 0.6) is 5.75 Å². The average Bonchev–Trinajstić information content (AvgIpc) is 3.43. The van der Waals surface area contributed by atoms with Gasteiger partial charge in [-0.05, 0) is 89.7 Å². The summed E-state index contributed by atoms with van der Waals surface area (Å²) in [7, 11) is 0. The van der Waals surface area contributed by atoms with Crippen molar-refractivity contribution in [3.63, 3.8) is 0 Å². The van der Waals surface area contributed by atoms with Crippen LogP contribution in [0.3, 0.4) is 0 Å². The number of rotatable bonds is 12. The van der Waals surface area contributed by atoms with E-state index >= 15 is 0 Å². The number of anilines is 1. The number of para-hydroxylation sites is 2. The molecule has 1 heterocycles. The van der Waals surface area contributed by atoms with Crippen molar-refractivity contribution in [1.29, 1.82) is 0 Å². The SMILES string of the molecule is CC/C(=C/C(=O)Nc1ccccc1OCCCC(=O)O)c1ccc2c(ccn2C(c2ccc(F)cc2)c2ccc(F)cc2)c1. The molecule has 0 aliphatic rings. The molecule has 0 radical (unpaired) electrons. The van der Waals surface area contributed by atoms with Gasteiger partial charge in [0, 0.05) is 29.6 Å². The Morgan fingerprint density at radius 3 is 2.20 bits per heavy atom. The van der Waals surface area contributed by atoms with Gasteiger partial charge in [-0.1, -0.05) is 49.4 Å². The van der Waals surface area contributed by atoms with Gasteiger partial charge in [-0.2, -0.15) is 0 Å². The number of aromatic nitrogens is 1. The van der Waals surface area contributed by atoms with Crippen molar-refractivity contribution in [3.8, 4) is 5.75 Å². The van der Waals surface area contributed by atoms with Gasteiger partial charge >= 0.3 is 5.97 Å². The van der Waals surface area contributed by atoms with E-state index in [0.717, 1.165) is 33.2 Å². The van der Waals surface area contributed by atoms with Crippen LogP contribution in [-0.2, 0) is 9.59 Å². The third-order valence-corrected chi connectivity index (χ3v) is 7.36. The summed E-state index contributed by atoms with van der Waals surface area (Å²) in [5, 5.41) is 12.7. The maximum Gasteiger partial charge on any atom is 0.303 e. The van der Waals surface area contributed by atoms with Crippen molar-refractivity contribution in [2.24, 2.45) is 0 Å². The number of carbonyl (C=O) groups is 2. The fraction of sp³-hybridized carbons (Fsp3) is 0.167. The summed E-state index contributed by atoms with van der Waals surface area (Å²) in [6.45, 7) is 2.20. The monoisotopic (exact) mass is 594 g/mol. The standard InChI is InChI=1S/C36H32F2N2O4/c1-2-24(23-34(41)39-31-6-3-4-7-33(31)44-21-5-8-35(42)43)27-13-18-32-28(22-27)19-20-40(32)36(25-9-14-29(37)15-10-25)26-11-16-30(38)17-12-26/h3-4,6-7,9-20,22-23,36H,2,5,8,21H2,1H3,(H,39,41)(H,42,43)/b24-23-. The minimum absolute atomic E-state index is 0.00395. The zero-order valence-corrected chi connectivity index (χ0v) is 24.2. The fourth-order valence-corrected chi connectivity index (χ4v) is 5.21. The number of carboxylic acids is 1. The van der Waals surface area contributed by atoms with Gasteiger partial charge in [0.1, 0.15) is 17.4 Å². The normalized spacial score (nSPS) is 11.6. The van der Waals surface area contributed by atoms with Crippen molar-refractivity contribution in [3.05, 3.63) is 138 Å². The number of benzene rings is 4. The second-order valence-electron chi connectivity index (χ2n) is 10.4. The van der Waals surface area contributed by atoms with Crippen molar-refractivity contribution < 1.29 is 28.2 Å². The highest BCUT2D eigenvalue weighted by atomic mass is 19.1. The molecule has 0 spiro atoms. The van der Waals surface area contributed by atoms with Crippen molar-refractivity contribution in [1.82, 2.24) is 4.57 Å². The fourth-order valence-electron chi connectivity index (χ4n) is 5.21. The van der Waals surface area contributed by atoms with Crippen LogP contribution in [0.15, 0.2) is 109 Å². The Bertz CT molecular complexity index is 1750. The second-order valence-corrected chi connectivity index (χ2v) is 10.4. The molecule has 0 atom stereocenters. The minimum atomic E-state index is -0.886. The Balaban J connectivity index is 1.40. The highest BCUT2D eigenvalue weighted by Crippen LogP contribution is 2.33. The Labute approximate surface area is 254 Å². The number of carbonyl (C=O) groups excluding carboxylic acids is 1. The smallest absolute Gasteiger partial charge is 0.303 e. The van der Waals surface area contributed by atoms with Gasteiger partial charge < -0.3 is 19.7 Å². The molecule has 0 bridgehead atoms. The summed E-state index contributed by atoms with van der Waals surface area (Å²) in [4.78, 5) is 23.8. The van der Waals surface area contributed by atoms with E-state index in [1.165, 1.54) is 24.3 Å². The zero-order chi connectivity index (χ0) is 31.1. The number of amides is 1. The molecule has 0 saturated carbocycles. The first-order valence-electron chi connectivity index (χ1n) is 14.4. The Hall–Kier alpha value is -5.24. The molecular weight excluding hydrogens is 562 g/mol. The van der Waals surface area contributed by atoms with Crippen molar-refractivity contribution >= 4 is 34.0 Å². The van der Waals surface area contributed by atoms with Crippen LogP contribution in [0.2, 0.25) is 0 Å². The first-order chi connectivity index (χ1) is 21.3. The number of hydrogen-bond acceptors (Lipinski definition) is 3. The van der Waals surface area contributed by atoms with Crippen LogP contribution in [-0.4, -0.2) is 28.2 Å². The van der Waals surface area contributed by atoms with Gasteiger partial charge in [-0.3, -0.25) is 9.59 Å². The van der Waals surface area contributed by atoms with E-state index in [2.05, 4.69) is 9.88 Å². The molecule has 5 rings (SSSR count). The summed E-state index contributed by atoms with van der Waals surface area (Å²) < 4.78 is 35.3. The predicted molar refractivity (Wildman–Crippen MR) is 168 cm³/mol. The zero-order valence-electron chi connectivity index (χ0n) is 24.2. The number of fused-ring (bicyclic) bond motifs is 1. The summed E-state index contributed by atoms with van der Waals surface area (Å²) in [5.74, 6) is -1.39. The highest BCUT2D eigenvalue weighted by Gasteiger charge is 2.19. The maximum atomic E-state index is 13.8. The molecule has 1 aromatic heterocycles. The van der Waals surface area contributed by atoms with E-state index in [9.17, 15) is 18.4 Å². The number of allylic oxidation sites excluding steroid dienone is 1. The molecule has 0 unspecified atom stereocenters. The molecule has 0 saturated heterocycles. The van der Waals surface area contributed by atoms with E-state index in [-0.39, 0.29) is 36.6 Å². The number of halogens is 2. The average molecular weight is 595 g/mol. The molecule has 6 nitrogen and oxygen atoms in total.